The van der Waals surface area contributed by atoms with E-state index in [1.807, 2.05) is 0 Å². The number of unbranched alkanes of at least 4 members (excludes halogenated alkanes) is 21. The van der Waals surface area contributed by atoms with Gasteiger partial charge < -0.3 is 89.9 Å². The molecule has 12 N–H and O–H groups in total. The van der Waals surface area contributed by atoms with Crippen molar-refractivity contribution in [3.63, 3.8) is 0 Å². The summed E-state index contributed by atoms with van der Waals surface area (Å²) in [6.07, 6.45) is 44.0. The SMILES string of the molecule is CC/C=C\C/C=C\C/C=C\C/C=C\C/C=C\C/C=C\C/C=C\C/C=C\CCCCCCCCCCCCCCCCC(=O)NC(COC1OC(CO)C(OC2OC(CO)C(OC3OC(CO)C(O)C(O)C3O)C(O)C2O)C(O)C1O)C(O)CCCCCCCCCC. The fourth-order valence-corrected chi connectivity index (χ4v) is 11.4. The number of nitrogens with one attached hydrogen (secondary N) is 1. The van der Waals surface area contributed by atoms with Crippen molar-refractivity contribution in [2.24, 2.45) is 0 Å². The molecule has 3 saturated heterocycles. The molecular formula is C73H125NO18. The molecule has 3 aliphatic heterocycles. The number of carbonyl (C=O) groups excluding carboxylic acids is 1. The summed E-state index contributed by atoms with van der Waals surface area (Å²) < 4.78 is 34.3. The van der Waals surface area contributed by atoms with Crippen LogP contribution in [0.25, 0.3) is 0 Å². The number of hydrogen-bond acceptors (Lipinski definition) is 18. The first-order valence-electron chi connectivity index (χ1n) is 35.5. The molecule has 0 spiro atoms. The van der Waals surface area contributed by atoms with E-state index in [0.717, 1.165) is 109 Å². The highest BCUT2D eigenvalue weighted by Crippen LogP contribution is 2.33. The number of aliphatic hydroxyl groups is 11. The van der Waals surface area contributed by atoms with E-state index >= 15 is 0 Å². The fourth-order valence-electron chi connectivity index (χ4n) is 11.4. The first-order chi connectivity index (χ1) is 44.8. The number of amides is 1. The molecule has 19 heteroatoms. The quantitative estimate of drug-likeness (QED) is 0.0199. The minimum absolute atomic E-state index is 0.250. The van der Waals surface area contributed by atoms with Gasteiger partial charge in [-0.25, -0.2) is 0 Å². The van der Waals surface area contributed by atoms with E-state index in [2.05, 4.69) is 116 Å². The average molecular weight is 1300 g/mol. The molecule has 17 unspecified atom stereocenters. The summed E-state index contributed by atoms with van der Waals surface area (Å²) in [5.74, 6) is -0.250. The average Bonchev–Trinajstić information content (AvgIpc) is 0.830. The zero-order valence-electron chi connectivity index (χ0n) is 56.0. The lowest BCUT2D eigenvalue weighted by Crippen LogP contribution is -2.66. The summed E-state index contributed by atoms with van der Waals surface area (Å²) in [6, 6.07) is -0.889. The second-order valence-electron chi connectivity index (χ2n) is 25.0. The lowest BCUT2D eigenvalue weighted by Gasteiger charge is -2.48. The van der Waals surface area contributed by atoms with E-state index in [9.17, 15) is 61.0 Å². The van der Waals surface area contributed by atoms with Gasteiger partial charge in [0.05, 0.1) is 38.6 Å². The number of rotatable bonds is 53. The topological polar surface area (TPSA) is 307 Å². The van der Waals surface area contributed by atoms with Crippen molar-refractivity contribution in [3.8, 4) is 0 Å². The van der Waals surface area contributed by atoms with Crippen molar-refractivity contribution in [2.75, 3.05) is 26.4 Å². The zero-order valence-corrected chi connectivity index (χ0v) is 56.0. The van der Waals surface area contributed by atoms with Crippen molar-refractivity contribution >= 4 is 5.91 Å². The summed E-state index contributed by atoms with van der Waals surface area (Å²) in [4.78, 5) is 13.3. The highest BCUT2D eigenvalue weighted by Gasteiger charge is 2.53. The van der Waals surface area contributed by atoms with Gasteiger partial charge in [0.1, 0.15) is 73.2 Å². The smallest absolute Gasteiger partial charge is 0.220 e. The lowest BCUT2D eigenvalue weighted by molar-refractivity contribution is -0.379. The second-order valence-corrected chi connectivity index (χ2v) is 25.0. The molecule has 3 aliphatic rings. The Morgan fingerprint density at radius 1 is 0.402 bits per heavy atom. The summed E-state index contributed by atoms with van der Waals surface area (Å²) >= 11 is 0. The van der Waals surface area contributed by atoms with Crippen LogP contribution in [0.2, 0.25) is 0 Å². The molecule has 0 aliphatic carbocycles. The summed E-state index contributed by atoms with van der Waals surface area (Å²) in [6.45, 7) is 1.62. The van der Waals surface area contributed by atoms with E-state index in [1.165, 1.54) is 83.5 Å². The van der Waals surface area contributed by atoms with Crippen molar-refractivity contribution < 1.29 is 89.4 Å². The largest absolute Gasteiger partial charge is 0.394 e. The minimum atomic E-state index is -1.97. The Morgan fingerprint density at radius 3 is 1.17 bits per heavy atom. The molecule has 530 valence electrons. The molecule has 1 amide bonds. The molecule has 0 bridgehead atoms. The number of allylic oxidation sites excluding steroid dienone is 16. The normalized spacial score (nSPS) is 28.3. The molecular weight excluding hydrogens is 1180 g/mol. The van der Waals surface area contributed by atoms with Gasteiger partial charge in [-0.05, 0) is 77.0 Å². The first kappa shape index (κ1) is 82.9. The van der Waals surface area contributed by atoms with Crippen LogP contribution >= 0.6 is 0 Å². The molecule has 0 saturated carbocycles. The molecule has 19 nitrogen and oxygen atoms in total. The van der Waals surface area contributed by atoms with Crippen molar-refractivity contribution in [1.82, 2.24) is 5.32 Å². The van der Waals surface area contributed by atoms with Crippen LogP contribution in [-0.4, -0.2) is 193 Å². The van der Waals surface area contributed by atoms with Gasteiger partial charge in [0.25, 0.3) is 0 Å². The monoisotopic (exact) mass is 1300 g/mol. The van der Waals surface area contributed by atoms with Gasteiger partial charge in [0.15, 0.2) is 18.9 Å². The summed E-state index contributed by atoms with van der Waals surface area (Å²) in [5.41, 5.74) is 0. The second kappa shape index (κ2) is 53.8. The Morgan fingerprint density at radius 2 is 0.750 bits per heavy atom. The van der Waals surface area contributed by atoms with Gasteiger partial charge in [0, 0.05) is 6.42 Å². The van der Waals surface area contributed by atoms with Crippen LogP contribution < -0.4 is 5.32 Å². The molecule has 0 aromatic rings. The van der Waals surface area contributed by atoms with Gasteiger partial charge in [-0.15, -0.1) is 0 Å². The maximum Gasteiger partial charge on any atom is 0.220 e. The van der Waals surface area contributed by atoms with Gasteiger partial charge in [-0.3, -0.25) is 4.79 Å². The third-order valence-electron chi connectivity index (χ3n) is 17.2. The Balaban J connectivity index is 1.28. The standard InChI is InChI=1S/C73H125NO18/c1-3-5-7-9-11-13-14-15-16-17-18-19-20-21-22-23-24-25-26-27-28-29-30-31-32-33-34-35-36-37-38-39-40-41-42-43-45-47-49-51-61(79)74-56(57(78)50-48-46-44-12-10-8-6-4-2)55-87-71-67(85)64(82)69(59(53-76)89-71)92-73-68(86)65(83)70(60(54-77)90-73)91-72-66(84)63(81)62(80)58(52-75)88-72/h5,7,11,13,15-16,18-19,21-22,24-25,27-28,30-31,56-60,62-73,75-78,80-86H,3-4,6,8-10,12,14,17,20,23,26,29,32-55H2,1-2H3,(H,74,79)/b7-5-,13-11-,16-15-,19-18-,22-21-,25-24-,28-27-,31-30-. The number of carbonyl (C=O) groups is 1. The third kappa shape index (κ3) is 35.1. The summed E-state index contributed by atoms with van der Waals surface area (Å²) in [7, 11) is 0. The maximum atomic E-state index is 13.3. The summed E-state index contributed by atoms with van der Waals surface area (Å²) in [5, 5.41) is 120. The van der Waals surface area contributed by atoms with E-state index in [1.54, 1.807) is 0 Å². The highest BCUT2D eigenvalue weighted by atomic mass is 16.8. The molecule has 0 radical (unpaired) electrons. The fraction of sp³-hybridized carbons (Fsp3) is 0.767. The van der Waals surface area contributed by atoms with Crippen LogP contribution in [0.4, 0.5) is 0 Å². The molecule has 17 atom stereocenters. The molecule has 0 aromatic heterocycles. The Labute approximate surface area is 552 Å². The predicted molar refractivity (Wildman–Crippen MR) is 360 cm³/mol. The van der Waals surface area contributed by atoms with Gasteiger partial charge in [0.2, 0.25) is 5.91 Å². The first-order valence-corrected chi connectivity index (χ1v) is 35.5. The van der Waals surface area contributed by atoms with Crippen LogP contribution in [-0.2, 0) is 33.2 Å². The molecule has 3 heterocycles. The lowest BCUT2D eigenvalue weighted by atomic mass is 9.96. The number of hydrogen-bond donors (Lipinski definition) is 12. The van der Waals surface area contributed by atoms with E-state index in [-0.39, 0.29) is 18.9 Å². The molecule has 0 aromatic carbocycles. The van der Waals surface area contributed by atoms with Crippen LogP contribution in [0.3, 0.4) is 0 Å². The van der Waals surface area contributed by atoms with E-state index in [0.29, 0.717) is 12.8 Å². The maximum absolute atomic E-state index is 13.3. The molecule has 3 rings (SSSR count). The van der Waals surface area contributed by atoms with Crippen molar-refractivity contribution in [3.05, 3.63) is 97.2 Å². The van der Waals surface area contributed by atoms with Gasteiger partial charge in [-0.1, -0.05) is 239 Å². The minimum Gasteiger partial charge on any atom is -0.394 e. The van der Waals surface area contributed by atoms with Crippen LogP contribution in [0.5, 0.6) is 0 Å². The van der Waals surface area contributed by atoms with Gasteiger partial charge >= 0.3 is 0 Å². The van der Waals surface area contributed by atoms with Crippen LogP contribution in [0, 0.1) is 0 Å². The van der Waals surface area contributed by atoms with Crippen molar-refractivity contribution in [2.45, 2.75) is 330 Å². The third-order valence-corrected chi connectivity index (χ3v) is 17.2. The van der Waals surface area contributed by atoms with Crippen LogP contribution in [0.1, 0.15) is 226 Å². The zero-order chi connectivity index (χ0) is 66.8. The highest BCUT2D eigenvalue weighted by molar-refractivity contribution is 5.76. The molecule has 3 fully saturated rings. The Bertz CT molecular complexity index is 2040. The predicted octanol–water partition coefficient (Wildman–Crippen LogP) is 9.66. The number of ether oxygens (including phenoxy) is 6. The molecule has 92 heavy (non-hydrogen) atoms. The van der Waals surface area contributed by atoms with Crippen molar-refractivity contribution in [1.29, 1.82) is 0 Å². The van der Waals surface area contributed by atoms with E-state index < -0.39 is 124 Å². The van der Waals surface area contributed by atoms with Crippen LogP contribution in [0.15, 0.2) is 97.2 Å². The Kier molecular flexibility index (Phi) is 48.5. The van der Waals surface area contributed by atoms with Gasteiger partial charge in [-0.2, -0.15) is 0 Å². The Hall–Kier alpha value is -3.29. The number of aliphatic hydroxyl groups excluding tert-OH is 11. The van der Waals surface area contributed by atoms with E-state index in [4.69, 9.17) is 28.4 Å².